The number of hydrogen-bond acceptors (Lipinski definition) is 3. The number of rotatable bonds is 3. The lowest BCUT2D eigenvalue weighted by atomic mass is 10.0. The lowest BCUT2D eigenvalue weighted by molar-refractivity contribution is 0.0216. The van der Waals surface area contributed by atoms with Crippen molar-refractivity contribution in [3.05, 3.63) is 18.2 Å². The number of aromatic nitrogens is 2. The predicted octanol–water partition coefficient (Wildman–Crippen LogP) is 1.03. The Kier molecular flexibility index (Phi) is 2.52. The highest BCUT2D eigenvalue weighted by atomic mass is 16.5. The van der Waals surface area contributed by atoms with E-state index < -0.39 is 5.60 Å². The van der Waals surface area contributed by atoms with Gasteiger partial charge in [-0.25, -0.2) is 4.98 Å². The molecule has 1 heterocycles. The van der Waals surface area contributed by atoms with Gasteiger partial charge in [0.25, 0.3) is 0 Å². The fourth-order valence-corrected chi connectivity index (χ4v) is 0.946. The molecule has 0 spiro atoms. The Morgan fingerprint density at radius 2 is 2.23 bits per heavy atom. The quantitative estimate of drug-likeness (QED) is 0.656. The van der Waals surface area contributed by atoms with Gasteiger partial charge in [-0.2, -0.15) is 0 Å². The second-order valence-corrected chi connectivity index (χ2v) is 3.41. The van der Waals surface area contributed by atoms with Crippen LogP contribution in [0, 0.1) is 0 Å². The summed E-state index contributed by atoms with van der Waals surface area (Å²) in [6, 6.07) is 0. The van der Waals surface area contributed by atoms with Crippen molar-refractivity contribution in [2.24, 2.45) is 7.05 Å². The molecule has 0 bridgehead atoms. The molecule has 72 valence electrons. The fraction of sp³-hybridized carbons (Fsp3) is 0.556. The molecular weight excluding hydrogens is 168 g/mol. The zero-order valence-corrected chi connectivity index (χ0v) is 8.37. The number of methoxy groups -OCH3 is 1. The first-order valence-corrected chi connectivity index (χ1v) is 4.06. The Morgan fingerprint density at radius 3 is 2.62 bits per heavy atom. The van der Waals surface area contributed by atoms with Gasteiger partial charge in [0.2, 0.25) is 5.78 Å². The van der Waals surface area contributed by atoms with Crippen molar-refractivity contribution >= 4 is 5.78 Å². The van der Waals surface area contributed by atoms with Gasteiger partial charge < -0.3 is 9.30 Å². The normalized spacial score (nSPS) is 11.7. The Balaban J connectivity index is 2.98. The van der Waals surface area contributed by atoms with Crippen LogP contribution in [-0.2, 0) is 11.8 Å². The number of nitrogens with zero attached hydrogens (tertiary/aromatic N) is 2. The molecule has 0 fully saturated rings. The average Bonchev–Trinajstić information content (AvgIpc) is 2.50. The SMILES string of the molecule is COC(C)(C)C(=O)c1nccn1C. The molecule has 0 unspecified atom stereocenters. The van der Waals surface area contributed by atoms with E-state index in [1.807, 2.05) is 0 Å². The highest BCUT2D eigenvalue weighted by molar-refractivity contribution is 5.99. The standard InChI is InChI=1S/C9H14N2O2/c1-9(2,13-4)7(12)8-10-5-6-11(8)3/h5-6H,1-4H3. The van der Waals surface area contributed by atoms with Gasteiger partial charge in [0.15, 0.2) is 5.82 Å². The molecule has 13 heavy (non-hydrogen) atoms. The third-order valence-corrected chi connectivity index (χ3v) is 2.08. The number of Topliss-reactive ketones (excluding diaryl/α,β-unsaturated/α-hetero) is 1. The van der Waals surface area contributed by atoms with Crippen LogP contribution in [0.3, 0.4) is 0 Å². The second-order valence-electron chi connectivity index (χ2n) is 3.41. The molecule has 4 heteroatoms. The molecular formula is C9H14N2O2. The van der Waals surface area contributed by atoms with Crippen LogP contribution >= 0.6 is 0 Å². The number of aryl methyl sites for hydroxylation is 1. The van der Waals surface area contributed by atoms with E-state index in [0.717, 1.165) is 0 Å². The van der Waals surface area contributed by atoms with Gasteiger partial charge in [0.05, 0.1) is 0 Å². The molecule has 0 aliphatic heterocycles. The Bertz CT molecular complexity index is 315. The molecule has 4 nitrogen and oxygen atoms in total. The van der Waals surface area contributed by atoms with E-state index in [1.54, 1.807) is 37.9 Å². The summed E-state index contributed by atoms with van der Waals surface area (Å²) in [6.07, 6.45) is 3.33. The van der Waals surface area contributed by atoms with Crippen LogP contribution in [-0.4, -0.2) is 28.0 Å². The van der Waals surface area contributed by atoms with Crippen molar-refractivity contribution in [1.29, 1.82) is 0 Å². The molecule has 1 aromatic rings. The topological polar surface area (TPSA) is 44.1 Å². The van der Waals surface area contributed by atoms with Gasteiger partial charge in [-0.15, -0.1) is 0 Å². The maximum absolute atomic E-state index is 11.8. The molecule has 0 aromatic carbocycles. The number of hydrogen-bond donors (Lipinski definition) is 0. The van der Waals surface area contributed by atoms with Crippen LogP contribution in [0.2, 0.25) is 0 Å². The van der Waals surface area contributed by atoms with E-state index in [9.17, 15) is 4.79 Å². The molecule has 1 rings (SSSR count). The van der Waals surface area contributed by atoms with Crippen LogP contribution < -0.4 is 0 Å². The Hall–Kier alpha value is -1.16. The maximum Gasteiger partial charge on any atom is 0.229 e. The minimum atomic E-state index is -0.806. The number of ether oxygens (including phenoxy) is 1. The zero-order chi connectivity index (χ0) is 10.1. The summed E-state index contributed by atoms with van der Waals surface area (Å²) in [7, 11) is 3.30. The number of carbonyl (C=O) groups excluding carboxylic acids is 1. The second kappa shape index (κ2) is 3.30. The van der Waals surface area contributed by atoms with Gasteiger partial charge in [-0.1, -0.05) is 0 Å². The smallest absolute Gasteiger partial charge is 0.229 e. The largest absolute Gasteiger partial charge is 0.371 e. The minimum Gasteiger partial charge on any atom is -0.371 e. The molecule has 0 aliphatic rings. The molecule has 0 saturated heterocycles. The Labute approximate surface area is 77.5 Å². The van der Waals surface area contributed by atoms with Gasteiger partial charge in [-0.05, 0) is 13.8 Å². The number of ketones is 1. The number of imidazole rings is 1. The molecule has 0 atom stereocenters. The van der Waals surface area contributed by atoms with Crippen molar-refractivity contribution in [2.45, 2.75) is 19.4 Å². The van der Waals surface area contributed by atoms with Crippen molar-refractivity contribution in [3.8, 4) is 0 Å². The molecule has 1 aromatic heterocycles. The summed E-state index contributed by atoms with van der Waals surface area (Å²) in [5, 5.41) is 0. The third kappa shape index (κ3) is 1.78. The molecule has 0 saturated carbocycles. The summed E-state index contributed by atoms with van der Waals surface area (Å²) in [5.41, 5.74) is -0.806. The van der Waals surface area contributed by atoms with Gasteiger partial charge >= 0.3 is 0 Å². The van der Waals surface area contributed by atoms with Crippen molar-refractivity contribution < 1.29 is 9.53 Å². The van der Waals surface area contributed by atoms with Crippen molar-refractivity contribution in [2.75, 3.05) is 7.11 Å². The summed E-state index contributed by atoms with van der Waals surface area (Å²) < 4.78 is 6.76. The summed E-state index contributed by atoms with van der Waals surface area (Å²) in [6.45, 7) is 3.45. The zero-order valence-electron chi connectivity index (χ0n) is 8.37. The highest BCUT2D eigenvalue weighted by Crippen LogP contribution is 2.14. The van der Waals surface area contributed by atoms with Crippen LogP contribution in [0.5, 0.6) is 0 Å². The van der Waals surface area contributed by atoms with E-state index in [2.05, 4.69) is 4.98 Å². The van der Waals surface area contributed by atoms with Gasteiger partial charge in [0.1, 0.15) is 5.60 Å². The van der Waals surface area contributed by atoms with Crippen LogP contribution in [0.25, 0.3) is 0 Å². The van der Waals surface area contributed by atoms with Crippen LogP contribution in [0.15, 0.2) is 12.4 Å². The molecule has 0 N–H and O–H groups in total. The lowest BCUT2D eigenvalue weighted by Gasteiger charge is -2.20. The average molecular weight is 182 g/mol. The summed E-state index contributed by atoms with van der Waals surface area (Å²) in [5.74, 6) is 0.314. The molecule has 0 radical (unpaired) electrons. The minimum absolute atomic E-state index is 0.109. The summed E-state index contributed by atoms with van der Waals surface area (Å²) >= 11 is 0. The lowest BCUT2D eigenvalue weighted by Crippen LogP contribution is -2.35. The first kappa shape index (κ1) is 9.92. The van der Waals surface area contributed by atoms with E-state index in [-0.39, 0.29) is 5.78 Å². The van der Waals surface area contributed by atoms with E-state index >= 15 is 0 Å². The predicted molar refractivity (Wildman–Crippen MR) is 48.6 cm³/mol. The van der Waals surface area contributed by atoms with Gasteiger partial charge in [-0.3, -0.25) is 4.79 Å². The third-order valence-electron chi connectivity index (χ3n) is 2.08. The van der Waals surface area contributed by atoms with Crippen LogP contribution in [0.1, 0.15) is 24.5 Å². The summed E-state index contributed by atoms with van der Waals surface area (Å²) in [4.78, 5) is 15.7. The number of carbonyl (C=O) groups is 1. The van der Waals surface area contributed by atoms with Crippen LogP contribution in [0.4, 0.5) is 0 Å². The van der Waals surface area contributed by atoms with Crippen molar-refractivity contribution in [3.63, 3.8) is 0 Å². The first-order valence-electron chi connectivity index (χ1n) is 4.06. The molecule has 0 aliphatic carbocycles. The van der Waals surface area contributed by atoms with E-state index in [1.165, 1.54) is 7.11 Å². The van der Waals surface area contributed by atoms with Crippen molar-refractivity contribution in [1.82, 2.24) is 9.55 Å². The first-order chi connectivity index (χ1) is 5.99. The van der Waals surface area contributed by atoms with Gasteiger partial charge in [0, 0.05) is 26.6 Å². The van der Waals surface area contributed by atoms with E-state index in [4.69, 9.17) is 4.74 Å². The Morgan fingerprint density at radius 1 is 1.62 bits per heavy atom. The highest BCUT2D eigenvalue weighted by Gasteiger charge is 2.30. The maximum atomic E-state index is 11.8. The molecule has 0 amide bonds. The fourth-order valence-electron chi connectivity index (χ4n) is 0.946. The van der Waals surface area contributed by atoms with E-state index in [0.29, 0.717) is 5.82 Å². The monoisotopic (exact) mass is 182 g/mol.